The number of aliphatic hydroxyl groups excluding tert-OH is 1. The molecule has 1 fully saturated rings. The number of methoxy groups -OCH3 is 1. The third-order valence-corrected chi connectivity index (χ3v) is 4.70. The third kappa shape index (κ3) is 2.13. The minimum Gasteiger partial charge on any atom is -0.390 e. The predicted octanol–water partition coefficient (Wildman–Crippen LogP) is 1.89. The average molecular weight is 281 g/mol. The van der Waals surface area contributed by atoms with Gasteiger partial charge in [0.05, 0.1) is 17.9 Å². The van der Waals surface area contributed by atoms with Crippen molar-refractivity contribution in [1.82, 2.24) is 9.38 Å². The second-order valence-corrected chi connectivity index (χ2v) is 6.15. The van der Waals surface area contributed by atoms with Gasteiger partial charge in [-0.05, 0) is 19.8 Å². The van der Waals surface area contributed by atoms with Crippen LogP contribution in [-0.4, -0.2) is 40.3 Å². The van der Waals surface area contributed by atoms with Gasteiger partial charge in [-0.25, -0.2) is 4.98 Å². The van der Waals surface area contributed by atoms with E-state index in [0.29, 0.717) is 0 Å². The number of imidazole rings is 1. The number of thiazole rings is 1. The quantitative estimate of drug-likeness (QED) is 0.933. The highest BCUT2D eigenvalue weighted by Crippen LogP contribution is 2.31. The van der Waals surface area contributed by atoms with Crippen molar-refractivity contribution in [2.24, 2.45) is 0 Å². The van der Waals surface area contributed by atoms with Crippen molar-refractivity contribution in [2.45, 2.75) is 32.0 Å². The van der Waals surface area contributed by atoms with E-state index in [1.807, 2.05) is 16.0 Å². The van der Waals surface area contributed by atoms with Gasteiger partial charge in [-0.2, -0.15) is 0 Å². The Morgan fingerprint density at radius 3 is 3.16 bits per heavy atom. The van der Waals surface area contributed by atoms with Gasteiger partial charge in [0, 0.05) is 31.8 Å². The lowest BCUT2D eigenvalue weighted by atomic mass is 9.95. The first-order valence-corrected chi connectivity index (χ1v) is 7.40. The zero-order valence-electron chi connectivity index (χ0n) is 11.3. The molecule has 1 unspecified atom stereocenters. The first-order chi connectivity index (χ1) is 9.17. The van der Waals surface area contributed by atoms with Crippen LogP contribution in [0.2, 0.25) is 0 Å². The van der Waals surface area contributed by atoms with Gasteiger partial charge in [0.15, 0.2) is 10.8 Å². The molecule has 1 aliphatic heterocycles. The number of hydrogen-bond acceptors (Lipinski definition) is 5. The van der Waals surface area contributed by atoms with Gasteiger partial charge in [-0.3, -0.25) is 4.40 Å². The number of rotatable bonds is 3. The van der Waals surface area contributed by atoms with E-state index in [9.17, 15) is 5.11 Å². The number of nitrogens with zero attached hydrogens (tertiary/aromatic N) is 3. The summed E-state index contributed by atoms with van der Waals surface area (Å²) in [5.41, 5.74) is 0.749. The van der Waals surface area contributed by atoms with Gasteiger partial charge < -0.3 is 14.7 Å². The van der Waals surface area contributed by atoms with Crippen molar-refractivity contribution >= 4 is 22.1 Å². The summed E-state index contributed by atoms with van der Waals surface area (Å²) in [6, 6.07) is 0. The first kappa shape index (κ1) is 12.9. The molecule has 2 aromatic rings. The van der Waals surface area contributed by atoms with Crippen LogP contribution in [0.4, 0.5) is 5.82 Å². The molecule has 0 aliphatic carbocycles. The van der Waals surface area contributed by atoms with E-state index in [0.717, 1.165) is 42.4 Å². The Kier molecular flexibility index (Phi) is 3.24. The van der Waals surface area contributed by atoms with Crippen molar-refractivity contribution in [3.8, 4) is 0 Å². The lowest BCUT2D eigenvalue weighted by molar-refractivity contribution is -0.00487. The fourth-order valence-corrected chi connectivity index (χ4v) is 3.50. The second-order valence-electron chi connectivity index (χ2n) is 5.27. The molecular weight excluding hydrogens is 262 g/mol. The molecule has 104 valence electrons. The van der Waals surface area contributed by atoms with Gasteiger partial charge in [0.25, 0.3) is 0 Å². The summed E-state index contributed by atoms with van der Waals surface area (Å²) in [7, 11) is 1.77. The zero-order valence-corrected chi connectivity index (χ0v) is 12.1. The van der Waals surface area contributed by atoms with Crippen LogP contribution in [0.5, 0.6) is 0 Å². The molecule has 0 amide bonds. The molecule has 1 aliphatic rings. The van der Waals surface area contributed by atoms with Crippen LogP contribution in [0.1, 0.15) is 25.5 Å². The maximum absolute atomic E-state index is 9.63. The maximum Gasteiger partial charge on any atom is 0.195 e. The Labute approximate surface area is 116 Å². The molecular formula is C13H19N3O2S. The van der Waals surface area contributed by atoms with Crippen LogP contribution in [0, 0.1) is 0 Å². The molecule has 6 heteroatoms. The van der Waals surface area contributed by atoms with Crippen LogP contribution in [0.25, 0.3) is 4.96 Å². The molecule has 0 spiro atoms. The fourth-order valence-electron chi connectivity index (χ4n) is 2.77. The molecule has 1 saturated heterocycles. The molecule has 0 aromatic carbocycles. The third-order valence-electron chi connectivity index (χ3n) is 3.94. The summed E-state index contributed by atoms with van der Waals surface area (Å²) >= 11 is 1.59. The predicted molar refractivity (Wildman–Crippen MR) is 75.9 cm³/mol. The Hall–Kier alpha value is -1.11. The van der Waals surface area contributed by atoms with Crippen LogP contribution < -0.4 is 4.90 Å². The minimum atomic E-state index is -0.123. The van der Waals surface area contributed by atoms with Crippen molar-refractivity contribution in [1.29, 1.82) is 0 Å². The Morgan fingerprint density at radius 2 is 2.42 bits per heavy atom. The zero-order chi connectivity index (χ0) is 13.5. The average Bonchev–Trinajstić information content (AvgIpc) is 2.98. The number of fused-ring (bicyclic) bond motifs is 1. The smallest absolute Gasteiger partial charge is 0.195 e. The van der Waals surface area contributed by atoms with Crippen LogP contribution in [0.3, 0.4) is 0 Å². The summed E-state index contributed by atoms with van der Waals surface area (Å²) in [6.07, 6.45) is 4.11. The van der Waals surface area contributed by atoms with Gasteiger partial charge >= 0.3 is 0 Å². The fraction of sp³-hybridized carbons (Fsp3) is 0.615. The summed E-state index contributed by atoms with van der Waals surface area (Å²) in [4.78, 5) is 7.83. The Bertz CT molecular complexity index is 579. The van der Waals surface area contributed by atoms with Gasteiger partial charge in [0.2, 0.25) is 0 Å². The Morgan fingerprint density at radius 1 is 1.58 bits per heavy atom. The molecule has 5 nitrogen and oxygen atoms in total. The molecule has 2 aromatic heterocycles. The summed E-state index contributed by atoms with van der Waals surface area (Å²) in [6.45, 7) is 3.93. The van der Waals surface area contributed by atoms with E-state index in [1.165, 1.54) is 0 Å². The molecule has 3 heterocycles. The summed E-state index contributed by atoms with van der Waals surface area (Å²) in [5, 5.41) is 11.6. The van der Waals surface area contributed by atoms with E-state index < -0.39 is 0 Å². The van der Waals surface area contributed by atoms with Crippen molar-refractivity contribution in [3.05, 3.63) is 17.3 Å². The molecule has 19 heavy (non-hydrogen) atoms. The first-order valence-electron chi connectivity index (χ1n) is 6.52. The van der Waals surface area contributed by atoms with Crippen LogP contribution in [-0.2, 0) is 11.3 Å². The van der Waals surface area contributed by atoms with Crippen LogP contribution >= 0.6 is 11.3 Å². The van der Waals surface area contributed by atoms with Crippen molar-refractivity contribution < 1.29 is 9.84 Å². The normalized spacial score (nSPS) is 24.3. The SMILES string of the molecule is COC1(C)CCCN(c2nc3sccn3c2CO)C1. The number of hydrogen-bond donors (Lipinski definition) is 1. The molecule has 0 saturated carbocycles. The van der Waals surface area contributed by atoms with Crippen LogP contribution in [0.15, 0.2) is 11.6 Å². The molecule has 1 N–H and O–H groups in total. The van der Waals surface area contributed by atoms with E-state index in [1.54, 1.807) is 18.4 Å². The lowest BCUT2D eigenvalue weighted by Gasteiger charge is -2.39. The number of ether oxygens (including phenoxy) is 1. The van der Waals surface area contributed by atoms with E-state index in [-0.39, 0.29) is 12.2 Å². The minimum absolute atomic E-state index is 0.00737. The van der Waals surface area contributed by atoms with Gasteiger partial charge in [-0.15, -0.1) is 11.3 Å². The van der Waals surface area contributed by atoms with Crippen molar-refractivity contribution in [3.63, 3.8) is 0 Å². The Balaban J connectivity index is 1.97. The number of aromatic nitrogens is 2. The van der Waals surface area contributed by atoms with Gasteiger partial charge in [-0.1, -0.05) is 0 Å². The topological polar surface area (TPSA) is 50.0 Å². The number of aliphatic hydroxyl groups is 1. The molecule has 1 atom stereocenters. The van der Waals surface area contributed by atoms with Gasteiger partial charge in [0.1, 0.15) is 0 Å². The second kappa shape index (κ2) is 4.77. The summed E-state index contributed by atoms with van der Waals surface area (Å²) < 4.78 is 7.59. The summed E-state index contributed by atoms with van der Waals surface area (Å²) in [5.74, 6) is 0.900. The number of piperidine rings is 1. The standard InChI is InChI=1S/C13H19N3O2S/c1-13(18-2)4-3-5-15(9-13)11-10(8-17)16-6-7-19-12(16)14-11/h6-7,17H,3-5,8-9H2,1-2H3. The molecule has 0 radical (unpaired) electrons. The molecule has 0 bridgehead atoms. The highest BCUT2D eigenvalue weighted by molar-refractivity contribution is 7.15. The van der Waals surface area contributed by atoms with E-state index in [2.05, 4.69) is 16.8 Å². The highest BCUT2D eigenvalue weighted by Gasteiger charge is 2.33. The molecule has 3 rings (SSSR count). The largest absolute Gasteiger partial charge is 0.390 e. The maximum atomic E-state index is 9.63. The lowest BCUT2D eigenvalue weighted by Crippen LogP contribution is -2.47. The highest BCUT2D eigenvalue weighted by atomic mass is 32.1. The van der Waals surface area contributed by atoms with E-state index >= 15 is 0 Å². The monoisotopic (exact) mass is 281 g/mol. The number of anilines is 1. The van der Waals surface area contributed by atoms with Crippen molar-refractivity contribution in [2.75, 3.05) is 25.1 Å². The van der Waals surface area contributed by atoms with E-state index in [4.69, 9.17) is 4.74 Å².